The standard InChI is InChI=1S/C11H16IN3O2/c1-17-8-2-3-11(16)15-7-6-14(12)9-10(15)4-5-13/h2-3,10H,4,6-9H2,1H3/b3-2+/t10-/m0/s1. The molecule has 0 spiro atoms. The highest BCUT2D eigenvalue weighted by atomic mass is 127. The maximum Gasteiger partial charge on any atom is 0.246 e. The molecule has 5 nitrogen and oxygen atoms in total. The van der Waals surface area contributed by atoms with Crippen molar-refractivity contribution in [2.24, 2.45) is 0 Å². The second kappa shape index (κ2) is 7.63. The summed E-state index contributed by atoms with van der Waals surface area (Å²) in [6.07, 6.45) is 3.60. The van der Waals surface area contributed by atoms with Crippen LogP contribution in [-0.4, -0.2) is 53.3 Å². The molecule has 94 valence electrons. The first-order valence-electron chi connectivity index (χ1n) is 5.42. The third kappa shape index (κ3) is 4.61. The van der Waals surface area contributed by atoms with Crippen LogP contribution in [0.25, 0.3) is 0 Å². The lowest BCUT2D eigenvalue weighted by molar-refractivity contribution is -0.129. The predicted octanol–water partition coefficient (Wildman–Crippen LogP) is 0.965. The van der Waals surface area contributed by atoms with Gasteiger partial charge in [-0.15, -0.1) is 0 Å². The number of piperazine rings is 1. The van der Waals surface area contributed by atoms with Gasteiger partial charge in [-0.05, 0) is 0 Å². The molecule has 0 unspecified atom stereocenters. The maximum atomic E-state index is 11.9. The monoisotopic (exact) mass is 349 g/mol. The first kappa shape index (κ1) is 14.4. The highest BCUT2D eigenvalue weighted by Crippen LogP contribution is 2.16. The normalized spacial score (nSPS) is 21.7. The third-order valence-electron chi connectivity index (χ3n) is 2.57. The van der Waals surface area contributed by atoms with Crippen molar-refractivity contribution in [3.63, 3.8) is 0 Å². The van der Waals surface area contributed by atoms with Crippen LogP contribution in [0.1, 0.15) is 6.42 Å². The molecule has 1 heterocycles. The maximum absolute atomic E-state index is 11.9. The molecule has 0 radical (unpaired) electrons. The van der Waals surface area contributed by atoms with Gasteiger partial charge >= 0.3 is 0 Å². The number of hydrogen-bond donors (Lipinski definition) is 0. The number of methoxy groups -OCH3 is 1. The molecular formula is C11H16IN3O2. The Labute approximate surface area is 115 Å². The number of halogens is 1. The van der Waals surface area contributed by atoms with Crippen molar-refractivity contribution in [2.45, 2.75) is 12.5 Å². The summed E-state index contributed by atoms with van der Waals surface area (Å²) in [6.45, 7) is 2.69. The Morgan fingerprint density at radius 2 is 2.41 bits per heavy atom. The zero-order valence-corrected chi connectivity index (χ0v) is 12.0. The summed E-state index contributed by atoms with van der Waals surface area (Å²) < 4.78 is 6.97. The minimum Gasteiger partial charge on any atom is -0.381 e. The average Bonchev–Trinajstić information content (AvgIpc) is 2.30. The van der Waals surface area contributed by atoms with Gasteiger partial charge in [0, 0.05) is 55.7 Å². The Balaban J connectivity index is 2.60. The fourth-order valence-corrected chi connectivity index (χ4v) is 2.40. The average molecular weight is 349 g/mol. The van der Waals surface area contributed by atoms with E-state index in [1.807, 2.05) is 0 Å². The number of rotatable bonds is 4. The molecule has 1 atom stereocenters. The Morgan fingerprint density at radius 3 is 3.06 bits per heavy atom. The molecule has 1 aliphatic heterocycles. The van der Waals surface area contributed by atoms with Crippen molar-refractivity contribution in [3.05, 3.63) is 12.2 Å². The summed E-state index contributed by atoms with van der Waals surface area (Å²) in [7, 11) is 1.59. The molecule has 17 heavy (non-hydrogen) atoms. The van der Waals surface area contributed by atoms with Crippen LogP contribution in [0.3, 0.4) is 0 Å². The van der Waals surface area contributed by atoms with Crippen LogP contribution in [0.2, 0.25) is 0 Å². The highest BCUT2D eigenvalue weighted by molar-refractivity contribution is 14.1. The van der Waals surface area contributed by atoms with E-state index in [4.69, 9.17) is 10.00 Å². The lowest BCUT2D eigenvalue weighted by Crippen LogP contribution is -2.52. The van der Waals surface area contributed by atoms with Gasteiger partial charge < -0.3 is 9.64 Å². The van der Waals surface area contributed by atoms with Crippen LogP contribution in [0, 0.1) is 11.3 Å². The van der Waals surface area contributed by atoms with E-state index < -0.39 is 0 Å². The molecule has 1 fully saturated rings. The van der Waals surface area contributed by atoms with Gasteiger partial charge in [0.15, 0.2) is 0 Å². The van der Waals surface area contributed by atoms with Gasteiger partial charge in [-0.25, -0.2) is 3.11 Å². The number of carbonyl (C=O) groups excluding carboxylic acids is 1. The summed E-state index contributed by atoms with van der Waals surface area (Å²) in [4.78, 5) is 13.7. The fraction of sp³-hybridized carbons (Fsp3) is 0.636. The van der Waals surface area contributed by atoms with E-state index in [1.165, 1.54) is 6.08 Å². The molecule has 0 aliphatic carbocycles. The molecule has 1 saturated heterocycles. The topological polar surface area (TPSA) is 56.6 Å². The van der Waals surface area contributed by atoms with Gasteiger partial charge in [-0.2, -0.15) is 5.26 Å². The van der Waals surface area contributed by atoms with E-state index in [0.717, 1.165) is 13.1 Å². The van der Waals surface area contributed by atoms with Gasteiger partial charge in [-0.1, -0.05) is 6.08 Å². The number of nitrogens with zero attached hydrogens (tertiary/aromatic N) is 3. The molecule has 0 N–H and O–H groups in total. The quantitative estimate of drug-likeness (QED) is 0.431. The van der Waals surface area contributed by atoms with Crippen LogP contribution in [0.4, 0.5) is 0 Å². The number of ether oxygens (including phenoxy) is 1. The van der Waals surface area contributed by atoms with Gasteiger partial charge in [0.05, 0.1) is 25.1 Å². The molecule has 1 aliphatic rings. The van der Waals surface area contributed by atoms with Gasteiger partial charge in [0.2, 0.25) is 5.91 Å². The van der Waals surface area contributed by atoms with Crippen molar-refractivity contribution < 1.29 is 9.53 Å². The molecular weight excluding hydrogens is 333 g/mol. The molecule has 0 aromatic heterocycles. The summed E-state index contributed by atoms with van der Waals surface area (Å²) in [5, 5.41) is 8.77. The van der Waals surface area contributed by atoms with E-state index >= 15 is 0 Å². The summed E-state index contributed by atoms with van der Waals surface area (Å²) >= 11 is 2.23. The molecule has 6 heteroatoms. The number of amides is 1. The Bertz CT molecular complexity index is 327. The smallest absolute Gasteiger partial charge is 0.246 e. The lowest BCUT2D eigenvalue weighted by atomic mass is 10.1. The third-order valence-corrected chi connectivity index (χ3v) is 3.44. The van der Waals surface area contributed by atoms with Crippen LogP contribution < -0.4 is 0 Å². The lowest BCUT2D eigenvalue weighted by Gasteiger charge is -2.37. The van der Waals surface area contributed by atoms with Crippen molar-refractivity contribution in [3.8, 4) is 6.07 Å². The SMILES string of the molecule is COC/C=C/C(=O)N1CCN(I)C[C@@H]1CC#N. The first-order valence-corrected chi connectivity index (χ1v) is 6.39. The Hall–Kier alpha value is -0.650. The fourth-order valence-electron chi connectivity index (χ4n) is 1.73. The number of nitriles is 1. The minimum absolute atomic E-state index is 0.00894. The van der Waals surface area contributed by atoms with E-state index in [9.17, 15) is 4.79 Å². The molecule has 0 bridgehead atoms. The molecule has 0 aromatic rings. The second-order valence-electron chi connectivity index (χ2n) is 3.77. The Kier molecular flexibility index (Phi) is 6.47. The van der Waals surface area contributed by atoms with E-state index in [2.05, 4.69) is 32.0 Å². The van der Waals surface area contributed by atoms with Crippen LogP contribution >= 0.6 is 22.9 Å². The predicted molar refractivity (Wildman–Crippen MR) is 72.3 cm³/mol. The number of hydrogen-bond acceptors (Lipinski definition) is 4. The van der Waals surface area contributed by atoms with Crippen molar-refractivity contribution in [1.29, 1.82) is 5.26 Å². The zero-order chi connectivity index (χ0) is 12.7. The molecule has 0 aromatic carbocycles. The summed E-state index contributed by atoms with van der Waals surface area (Å²) in [6, 6.07) is 2.13. The van der Waals surface area contributed by atoms with Crippen LogP contribution in [0.5, 0.6) is 0 Å². The number of carbonyl (C=O) groups is 1. The molecule has 0 saturated carbocycles. The van der Waals surface area contributed by atoms with Crippen molar-refractivity contribution in [2.75, 3.05) is 33.4 Å². The van der Waals surface area contributed by atoms with E-state index in [1.54, 1.807) is 18.1 Å². The highest BCUT2D eigenvalue weighted by Gasteiger charge is 2.28. The Morgan fingerprint density at radius 1 is 1.65 bits per heavy atom. The first-order chi connectivity index (χ1) is 8.19. The minimum atomic E-state index is -0.0354. The summed E-state index contributed by atoms with van der Waals surface area (Å²) in [5.41, 5.74) is 0. The van der Waals surface area contributed by atoms with Gasteiger partial charge in [0.1, 0.15) is 0 Å². The largest absolute Gasteiger partial charge is 0.381 e. The molecule has 1 amide bonds. The van der Waals surface area contributed by atoms with Crippen molar-refractivity contribution >= 4 is 28.8 Å². The van der Waals surface area contributed by atoms with E-state index in [-0.39, 0.29) is 11.9 Å². The van der Waals surface area contributed by atoms with Gasteiger partial charge in [0.25, 0.3) is 0 Å². The zero-order valence-electron chi connectivity index (χ0n) is 9.80. The van der Waals surface area contributed by atoms with Crippen LogP contribution in [-0.2, 0) is 9.53 Å². The second-order valence-corrected chi connectivity index (χ2v) is 5.14. The van der Waals surface area contributed by atoms with Crippen molar-refractivity contribution in [1.82, 2.24) is 8.01 Å². The summed E-state index contributed by atoms with van der Waals surface area (Å²) in [5.74, 6) is -0.0354. The van der Waals surface area contributed by atoms with Crippen LogP contribution in [0.15, 0.2) is 12.2 Å². The van der Waals surface area contributed by atoms with E-state index in [0.29, 0.717) is 19.6 Å². The van der Waals surface area contributed by atoms with Gasteiger partial charge in [-0.3, -0.25) is 4.79 Å². The molecule has 1 rings (SSSR count).